The molecular formula is C17H21N3O. The lowest BCUT2D eigenvalue weighted by Crippen LogP contribution is -2.45. The van der Waals surface area contributed by atoms with Crippen LogP contribution in [-0.2, 0) is 6.54 Å². The first-order valence-electron chi connectivity index (χ1n) is 7.36. The maximum Gasteiger partial charge on any atom is 0.213 e. The van der Waals surface area contributed by atoms with Crippen LogP contribution < -0.4 is 10.1 Å². The molecule has 0 spiro atoms. The topological polar surface area (TPSA) is 37.4 Å². The van der Waals surface area contributed by atoms with Gasteiger partial charge >= 0.3 is 0 Å². The lowest BCUT2D eigenvalue weighted by Gasteiger charge is -2.36. The van der Waals surface area contributed by atoms with E-state index < -0.39 is 0 Å². The molecule has 110 valence electrons. The summed E-state index contributed by atoms with van der Waals surface area (Å²) in [5, 5.41) is 3.48. The molecule has 2 heterocycles. The third kappa shape index (κ3) is 3.40. The Morgan fingerprint density at radius 2 is 2.05 bits per heavy atom. The van der Waals surface area contributed by atoms with Crippen LogP contribution in [0.2, 0.25) is 0 Å². The molecule has 1 N–H and O–H groups in total. The predicted octanol–water partition coefficient (Wildman–Crippen LogP) is 2.24. The highest BCUT2D eigenvalue weighted by atomic mass is 16.5. The van der Waals surface area contributed by atoms with Crippen molar-refractivity contribution in [1.29, 1.82) is 0 Å². The Balaban J connectivity index is 1.78. The number of ether oxygens (including phenoxy) is 1. The number of nitrogens with zero attached hydrogens (tertiary/aromatic N) is 2. The highest BCUT2D eigenvalue weighted by molar-refractivity contribution is 5.21. The van der Waals surface area contributed by atoms with Gasteiger partial charge in [0.15, 0.2) is 0 Å². The van der Waals surface area contributed by atoms with Gasteiger partial charge in [0.25, 0.3) is 0 Å². The summed E-state index contributed by atoms with van der Waals surface area (Å²) in [4.78, 5) is 7.01. The first kappa shape index (κ1) is 14.0. The summed E-state index contributed by atoms with van der Waals surface area (Å²) in [6.45, 7) is 3.87. The second kappa shape index (κ2) is 6.70. The van der Waals surface area contributed by atoms with E-state index in [2.05, 4.69) is 51.6 Å². The Kier molecular flexibility index (Phi) is 4.48. The van der Waals surface area contributed by atoms with Crippen LogP contribution in [0.3, 0.4) is 0 Å². The minimum atomic E-state index is 0.396. The van der Waals surface area contributed by atoms with Gasteiger partial charge in [0.1, 0.15) is 0 Å². The number of piperazine rings is 1. The van der Waals surface area contributed by atoms with E-state index >= 15 is 0 Å². The molecule has 2 aromatic rings. The quantitative estimate of drug-likeness (QED) is 0.934. The highest BCUT2D eigenvalue weighted by Crippen LogP contribution is 2.23. The largest absolute Gasteiger partial charge is 0.481 e. The van der Waals surface area contributed by atoms with Gasteiger partial charge in [-0.25, -0.2) is 4.98 Å². The maximum absolute atomic E-state index is 5.21. The minimum Gasteiger partial charge on any atom is -0.481 e. The molecule has 0 radical (unpaired) electrons. The van der Waals surface area contributed by atoms with Crippen LogP contribution in [0.1, 0.15) is 17.3 Å². The molecule has 1 unspecified atom stereocenters. The summed E-state index contributed by atoms with van der Waals surface area (Å²) in [6, 6.07) is 17.0. The Morgan fingerprint density at radius 3 is 2.86 bits per heavy atom. The third-order valence-electron chi connectivity index (χ3n) is 3.89. The van der Waals surface area contributed by atoms with E-state index in [9.17, 15) is 0 Å². The number of pyridine rings is 1. The van der Waals surface area contributed by atoms with Crippen LogP contribution in [0.4, 0.5) is 0 Å². The van der Waals surface area contributed by atoms with Crippen molar-refractivity contribution < 1.29 is 4.74 Å². The number of hydrogen-bond donors (Lipinski definition) is 1. The lowest BCUT2D eigenvalue weighted by atomic mass is 10.0. The van der Waals surface area contributed by atoms with Crippen molar-refractivity contribution in [3.05, 3.63) is 59.8 Å². The second-order valence-corrected chi connectivity index (χ2v) is 5.27. The normalized spacial score (nSPS) is 19.4. The summed E-state index contributed by atoms with van der Waals surface area (Å²) in [7, 11) is 1.66. The second-order valence-electron chi connectivity index (χ2n) is 5.27. The average Bonchev–Trinajstić information content (AvgIpc) is 2.56. The maximum atomic E-state index is 5.21. The Labute approximate surface area is 125 Å². The lowest BCUT2D eigenvalue weighted by molar-refractivity contribution is 0.151. The Hall–Kier alpha value is -1.91. The van der Waals surface area contributed by atoms with E-state index in [-0.39, 0.29) is 0 Å². The number of hydrogen-bond acceptors (Lipinski definition) is 4. The zero-order chi connectivity index (χ0) is 14.5. The number of benzene rings is 1. The van der Waals surface area contributed by atoms with Gasteiger partial charge in [-0.05, 0) is 11.6 Å². The molecule has 1 aliphatic rings. The molecular weight excluding hydrogens is 262 g/mol. The average molecular weight is 283 g/mol. The van der Waals surface area contributed by atoms with Crippen molar-refractivity contribution in [2.75, 3.05) is 26.7 Å². The Bertz CT molecular complexity index is 573. The molecule has 21 heavy (non-hydrogen) atoms. The van der Waals surface area contributed by atoms with Crippen LogP contribution in [0, 0.1) is 0 Å². The Morgan fingerprint density at radius 1 is 1.19 bits per heavy atom. The number of nitrogens with one attached hydrogen (secondary N) is 1. The van der Waals surface area contributed by atoms with Gasteiger partial charge in [0.05, 0.1) is 12.8 Å². The van der Waals surface area contributed by atoms with E-state index in [0.717, 1.165) is 31.9 Å². The zero-order valence-corrected chi connectivity index (χ0v) is 12.3. The fourth-order valence-electron chi connectivity index (χ4n) is 2.81. The zero-order valence-electron chi connectivity index (χ0n) is 12.3. The molecule has 4 nitrogen and oxygen atoms in total. The van der Waals surface area contributed by atoms with Gasteiger partial charge in [-0.2, -0.15) is 0 Å². The van der Waals surface area contributed by atoms with Crippen LogP contribution in [0.15, 0.2) is 48.5 Å². The molecule has 3 rings (SSSR count). The fourth-order valence-corrected chi connectivity index (χ4v) is 2.81. The molecule has 1 atom stereocenters. The molecule has 0 amide bonds. The third-order valence-corrected chi connectivity index (χ3v) is 3.89. The van der Waals surface area contributed by atoms with Crippen molar-refractivity contribution >= 4 is 0 Å². The van der Waals surface area contributed by atoms with Crippen LogP contribution in [-0.4, -0.2) is 36.6 Å². The van der Waals surface area contributed by atoms with Gasteiger partial charge in [-0.1, -0.05) is 36.4 Å². The standard InChI is InChI=1S/C17H21N3O/c1-21-17-9-5-8-15(19-17)13-20-11-10-18-12-16(20)14-6-3-2-4-7-14/h2-9,16,18H,10-13H2,1H3. The highest BCUT2D eigenvalue weighted by Gasteiger charge is 2.23. The first-order chi connectivity index (χ1) is 10.4. The SMILES string of the molecule is COc1cccc(CN2CCNCC2c2ccccc2)n1. The van der Waals surface area contributed by atoms with E-state index in [0.29, 0.717) is 11.9 Å². The summed E-state index contributed by atoms with van der Waals surface area (Å²) in [5.74, 6) is 0.680. The summed E-state index contributed by atoms with van der Waals surface area (Å²) in [6.07, 6.45) is 0. The fraction of sp³-hybridized carbons (Fsp3) is 0.353. The van der Waals surface area contributed by atoms with Gasteiger partial charge in [-0.3, -0.25) is 4.90 Å². The predicted molar refractivity (Wildman–Crippen MR) is 83.3 cm³/mol. The van der Waals surface area contributed by atoms with E-state index in [1.807, 2.05) is 12.1 Å². The number of aromatic nitrogens is 1. The minimum absolute atomic E-state index is 0.396. The molecule has 0 saturated carbocycles. The van der Waals surface area contributed by atoms with Crippen LogP contribution >= 0.6 is 0 Å². The molecule has 4 heteroatoms. The summed E-state index contributed by atoms with van der Waals surface area (Å²) >= 11 is 0. The molecule has 0 aliphatic carbocycles. The van der Waals surface area contributed by atoms with Gasteiger partial charge in [-0.15, -0.1) is 0 Å². The van der Waals surface area contributed by atoms with Crippen molar-refractivity contribution in [1.82, 2.24) is 15.2 Å². The number of rotatable bonds is 4. The van der Waals surface area contributed by atoms with Crippen molar-refractivity contribution in [2.45, 2.75) is 12.6 Å². The van der Waals surface area contributed by atoms with Crippen LogP contribution in [0.25, 0.3) is 0 Å². The monoisotopic (exact) mass is 283 g/mol. The van der Waals surface area contributed by atoms with Crippen molar-refractivity contribution in [3.63, 3.8) is 0 Å². The van der Waals surface area contributed by atoms with E-state index in [1.54, 1.807) is 7.11 Å². The van der Waals surface area contributed by atoms with Crippen molar-refractivity contribution in [3.8, 4) is 5.88 Å². The summed E-state index contributed by atoms with van der Waals surface area (Å²) in [5.41, 5.74) is 2.41. The van der Waals surface area contributed by atoms with E-state index in [1.165, 1.54) is 5.56 Å². The molecule has 1 saturated heterocycles. The van der Waals surface area contributed by atoms with Gasteiger partial charge < -0.3 is 10.1 Å². The molecule has 1 aromatic carbocycles. The van der Waals surface area contributed by atoms with Crippen LogP contribution in [0.5, 0.6) is 5.88 Å². The smallest absolute Gasteiger partial charge is 0.213 e. The molecule has 0 bridgehead atoms. The molecule has 1 aromatic heterocycles. The number of methoxy groups -OCH3 is 1. The van der Waals surface area contributed by atoms with Gasteiger partial charge in [0, 0.05) is 38.3 Å². The van der Waals surface area contributed by atoms with Gasteiger partial charge in [0.2, 0.25) is 5.88 Å². The molecule has 1 aliphatic heterocycles. The molecule has 1 fully saturated rings. The first-order valence-corrected chi connectivity index (χ1v) is 7.36. The van der Waals surface area contributed by atoms with Crippen molar-refractivity contribution in [2.24, 2.45) is 0 Å². The van der Waals surface area contributed by atoms with E-state index in [4.69, 9.17) is 4.74 Å². The summed E-state index contributed by atoms with van der Waals surface area (Å²) < 4.78 is 5.21.